The van der Waals surface area contributed by atoms with Crippen LogP contribution in [0.15, 0.2) is 60.8 Å². The highest BCUT2D eigenvalue weighted by atomic mass is 32.2. The van der Waals surface area contributed by atoms with Crippen LogP contribution in [0.1, 0.15) is 27.6 Å². The summed E-state index contributed by atoms with van der Waals surface area (Å²) in [7, 11) is 0. The Labute approximate surface area is 193 Å². The summed E-state index contributed by atoms with van der Waals surface area (Å²) in [5.41, 5.74) is 1.29. The second-order valence-corrected chi connectivity index (χ2v) is 9.09. The SMILES string of the molecule is CCSCCNC(=O)c1ccc(N2CCN(C(=O)c3ccc4ccccc4c3)CC2)nc1. The average Bonchev–Trinajstić information content (AvgIpc) is 2.86. The normalized spacial score (nSPS) is 13.9. The Morgan fingerprint density at radius 2 is 1.72 bits per heavy atom. The number of aromatic nitrogens is 1. The Kier molecular flexibility index (Phi) is 7.27. The van der Waals surface area contributed by atoms with Crippen molar-refractivity contribution in [2.24, 2.45) is 0 Å². The highest BCUT2D eigenvalue weighted by Gasteiger charge is 2.23. The van der Waals surface area contributed by atoms with Crippen LogP contribution in [0.3, 0.4) is 0 Å². The van der Waals surface area contributed by atoms with E-state index < -0.39 is 0 Å². The summed E-state index contributed by atoms with van der Waals surface area (Å²) in [6, 6.07) is 17.7. The number of amides is 2. The zero-order valence-electron chi connectivity index (χ0n) is 18.3. The summed E-state index contributed by atoms with van der Waals surface area (Å²) in [5.74, 6) is 2.77. The van der Waals surface area contributed by atoms with Gasteiger partial charge in [-0.3, -0.25) is 9.59 Å². The number of carbonyl (C=O) groups excluding carboxylic acids is 2. The third kappa shape index (κ3) is 5.22. The highest BCUT2D eigenvalue weighted by Crippen LogP contribution is 2.19. The number of piperazine rings is 1. The Bertz CT molecular complexity index is 1080. The molecule has 166 valence electrons. The van der Waals surface area contributed by atoms with E-state index in [-0.39, 0.29) is 11.8 Å². The van der Waals surface area contributed by atoms with Gasteiger partial charge in [0.1, 0.15) is 5.82 Å². The van der Waals surface area contributed by atoms with Crippen molar-refractivity contribution in [3.8, 4) is 0 Å². The standard InChI is InChI=1S/C25H28N4O2S/c1-2-32-16-11-26-24(30)22-9-10-23(27-18-22)28-12-14-29(15-13-28)25(31)21-8-7-19-5-3-4-6-20(19)17-21/h3-10,17-18H,2,11-16H2,1H3,(H,26,30). The lowest BCUT2D eigenvalue weighted by Crippen LogP contribution is -2.49. The lowest BCUT2D eigenvalue weighted by atomic mass is 10.1. The number of hydrogen-bond donors (Lipinski definition) is 1. The van der Waals surface area contributed by atoms with Gasteiger partial charge in [-0.1, -0.05) is 37.3 Å². The van der Waals surface area contributed by atoms with Gasteiger partial charge in [0, 0.05) is 50.2 Å². The molecule has 32 heavy (non-hydrogen) atoms. The fraction of sp³-hybridized carbons (Fsp3) is 0.320. The first kappa shape index (κ1) is 22.1. The van der Waals surface area contributed by atoms with Crippen molar-refractivity contribution in [1.82, 2.24) is 15.2 Å². The molecule has 4 rings (SSSR count). The lowest BCUT2D eigenvalue weighted by Gasteiger charge is -2.35. The maximum atomic E-state index is 13.0. The molecule has 0 aliphatic carbocycles. The molecule has 0 spiro atoms. The van der Waals surface area contributed by atoms with E-state index in [4.69, 9.17) is 0 Å². The van der Waals surface area contributed by atoms with Gasteiger partial charge in [-0.15, -0.1) is 0 Å². The van der Waals surface area contributed by atoms with Crippen LogP contribution in [0.4, 0.5) is 5.82 Å². The summed E-state index contributed by atoms with van der Waals surface area (Å²) in [6.07, 6.45) is 1.63. The number of carbonyl (C=O) groups is 2. The monoisotopic (exact) mass is 448 g/mol. The molecule has 6 nitrogen and oxygen atoms in total. The molecule has 0 radical (unpaired) electrons. The van der Waals surface area contributed by atoms with Gasteiger partial charge in [0.05, 0.1) is 5.56 Å². The first-order valence-electron chi connectivity index (χ1n) is 11.0. The molecule has 2 aromatic carbocycles. The largest absolute Gasteiger partial charge is 0.353 e. The Morgan fingerprint density at radius 3 is 2.44 bits per heavy atom. The van der Waals surface area contributed by atoms with Crippen molar-refractivity contribution >= 4 is 40.2 Å². The Hall–Kier alpha value is -3.06. The first-order chi connectivity index (χ1) is 15.7. The van der Waals surface area contributed by atoms with Crippen LogP contribution >= 0.6 is 11.8 Å². The molecule has 1 saturated heterocycles. The topological polar surface area (TPSA) is 65.5 Å². The number of thioether (sulfide) groups is 1. The highest BCUT2D eigenvalue weighted by molar-refractivity contribution is 7.99. The molecule has 1 aromatic heterocycles. The van der Waals surface area contributed by atoms with Crippen LogP contribution in [0.5, 0.6) is 0 Å². The molecular weight excluding hydrogens is 420 g/mol. The molecule has 1 fully saturated rings. The lowest BCUT2D eigenvalue weighted by molar-refractivity contribution is 0.0746. The molecular formula is C25H28N4O2S. The minimum atomic E-state index is -0.0912. The molecule has 7 heteroatoms. The maximum absolute atomic E-state index is 13.0. The van der Waals surface area contributed by atoms with Crippen LogP contribution in [0, 0.1) is 0 Å². The fourth-order valence-electron chi connectivity index (χ4n) is 3.83. The van der Waals surface area contributed by atoms with Gasteiger partial charge in [-0.2, -0.15) is 11.8 Å². The molecule has 0 saturated carbocycles. The zero-order valence-corrected chi connectivity index (χ0v) is 19.1. The first-order valence-corrected chi connectivity index (χ1v) is 12.2. The quantitative estimate of drug-likeness (QED) is 0.559. The molecule has 2 heterocycles. The maximum Gasteiger partial charge on any atom is 0.253 e. The van der Waals surface area contributed by atoms with Crippen LogP contribution in [0.25, 0.3) is 10.8 Å². The van der Waals surface area contributed by atoms with Gasteiger partial charge >= 0.3 is 0 Å². The second-order valence-electron chi connectivity index (χ2n) is 7.70. The van der Waals surface area contributed by atoms with Crippen molar-refractivity contribution < 1.29 is 9.59 Å². The van der Waals surface area contributed by atoms with Gasteiger partial charge in [0.25, 0.3) is 11.8 Å². The van der Waals surface area contributed by atoms with E-state index in [0.29, 0.717) is 38.3 Å². The van der Waals surface area contributed by atoms with E-state index in [2.05, 4.69) is 28.2 Å². The number of fused-ring (bicyclic) bond motifs is 1. The predicted molar refractivity (Wildman–Crippen MR) is 132 cm³/mol. The van der Waals surface area contributed by atoms with E-state index in [9.17, 15) is 9.59 Å². The smallest absolute Gasteiger partial charge is 0.253 e. The van der Waals surface area contributed by atoms with Crippen LogP contribution in [-0.2, 0) is 0 Å². The van der Waals surface area contributed by atoms with E-state index in [0.717, 1.165) is 33.7 Å². The third-order valence-electron chi connectivity index (χ3n) is 5.63. The summed E-state index contributed by atoms with van der Waals surface area (Å²) in [4.78, 5) is 33.7. The molecule has 1 aliphatic rings. The van der Waals surface area contributed by atoms with E-state index in [1.165, 1.54) is 0 Å². The van der Waals surface area contributed by atoms with Crippen LogP contribution < -0.4 is 10.2 Å². The molecule has 2 amide bonds. The summed E-state index contributed by atoms with van der Waals surface area (Å²) < 4.78 is 0. The average molecular weight is 449 g/mol. The van der Waals surface area contributed by atoms with Crippen molar-refractivity contribution in [2.75, 3.05) is 49.1 Å². The minimum absolute atomic E-state index is 0.0663. The van der Waals surface area contributed by atoms with E-state index in [1.807, 2.05) is 53.4 Å². The number of nitrogens with zero attached hydrogens (tertiary/aromatic N) is 3. The number of rotatable bonds is 7. The van der Waals surface area contributed by atoms with Gasteiger partial charge in [0.2, 0.25) is 0 Å². The van der Waals surface area contributed by atoms with Crippen molar-refractivity contribution in [3.63, 3.8) is 0 Å². The van der Waals surface area contributed by atoms with Crippen LogP contribution in [0.2, 0.25) is 0 Å². The fourth-order valence-corrected chi connectivity index (χ4v) is 4.37. The van der Waals surface area contributed by atoms with Crippen molar-refractivity contribution in [2.45, 2.75) is 6.92 Å². The minimum Gasteiger partial charge on any atom is -0.353 e. The number of nitrogens with one attached hydrogen (secondary N) is 1. The van der Waals surface area contributed by atoms with Crippen LogP contribution in [-0.4, -0.2) is 65.9 Å². The van der Waals surface area contributed by atoms with E-state index in [1.54, 1.807) is 18.0 Å². The molecule has 1 aliphatic heterocycles. The van der Waals surface area contributed by atoms with Crippen molar-refractivity contribution in [3.05, 3.63) is 71.9 Å². The molecule has 0 atom stereocenters. The van der Waals surface area contributed by atoms with Gasteiger partial charge < -0.3 is 15.1 Å². The second kappa shape index (κ2) is 10.5. The van der Waals surface area contributed by atoms with Crippen molar-refractivity contribution in [1.29, 1.82) is 0 Å². The van der Waals surface area contributed by atoms with Gasteiger partial charge in [-0.25, -0.2) is 4.98 Å². The zero-order chi connectivity index (χ0) is 22.3. The Morgan fingerprint density at radius 1 is 0.969 bits per heavy atom. The molecule has 3 aromatic rings. The summed E-state index contributed by atoms with van der Waals surface area (Å²) in [6.45, 7) is 5.48. The Balaban J connectivity index is 1.32. The number of anilines is 1. The summed E-state index contributed by atoms with van der Waals surface area (Å²) in [5, 5.41) is 5.13. The number of hydrogen-bond acceptors (Lipinski definition) is 5. The number of benzene rings is 2. The summed E-state index contributed by atoms with van der Waals surface area (Å²) >= 11 is 1.80. The third-order valence-corrected chi connectivity index (χ3v) is 6.53. The molecule has 0 unspecified atom stereocenters. The molecule has 1 N–H and O–H groups in total. The number of pyridine rings is 1. The molecule has 0 bridgehead atoms. The predicted octanol–water partition coefficient (Wildman–Crippen LogP) is 3.68. The van der Waals surface area contributed by atoms with E-state index >= 15 is 0 Å². The van der Waals surface area contributed by atoms with Gasteiger partial charge in [-0.05, 0) is 40.8 Å². The van der Waals surface area contributed by atoms with Gasteiger partial charge in [0.15, 0.2) is 0 Å².